The van der Waals surface area contributed by atoms with Crippen LogP contribution in [0.3, 0.4) is 0 Å². The van der Waals surface area contributed by atoms with Gasteiger partial charge in [0.1, 0.15) is 10.6 Å². The van der Waals surface area contributed by atoms with Crippen molar-refractivity contribution in [1.82, 2.24) is 0 Å². The van der Waals surface area contributed by atoms with Crippen molar-refractivity contribution in [3.8, 4) is 5.75 Å². The Kier molecular flexibility index (Phi) is 4.49. The van der Waals surface area contributed by atoms with Crippen LogP contribution in [0.15, 0.2) is 34.5 Å². The number of carboxylic acid groups (broad SMARTS) is 1. The predicted molar refractivity (Wildman–Crippen MR) is 87.6 cm³/mol. The van der Waals surface area contributed by atoms with Crippen LogP contribution in [0.2, 0.25) is 0 Å². The lowest BCUT2D eigenvalue weighted by Gasteiger charge is -2.19. The fourth-order valence-corrected chi connectivity index (χ4v) is 3.18. The first-order valence-corrected chi connectivity index (χ1v) is 8.06. The molecule has 3 N–H and O–H groups in total. The first-order chi connectivity index (χ1) is 9.79. The van der Waals surface area contributed by atoms with E-state index in [1.54, 1.807) is 17.5 Å². The molecule has 0 amide bonds. The van der Waals surface area contributed by atoms with E-state index in [1.807, 2.05) is 12.1 Å². The fourth-order valence-electron chi connectivity index (χ4n) is 1.74. The lowest BCUT2D eigenvalue weighted by molar-refractivity contribution is 0.0703. The molecule has 0 spiro atoms. The molecular formula is C15H17NO3S2. The van der Waals surface area contributed by atoms with Gasteiger partial charge in [0.25, 0.3) is 0 Å². The maximum Gasteiger partial charge on any atom is 0.348 e. The average molecular weight is 323 g/mol. The Balaban J connectivity index is 2.14. The number of aromatic hydroxyl groups is 1. The molecule has 0 aliphatic rings. The van der Waals surface area contributed by atoms with E-state index in [2.05, 4.69) is 25.5 Å². The highest BCUT2D eigenvalue weighted by atomic mass is 32.2. The molecule has 1 aromatic carbocycles. The van der Waals surface area contributed by atoms with E-state index in [1.165, 1.54) is 11.9 Å². The zero-order valence-electron chi connectivity index (χ0n) is 12.0. The number of carbonyl (C=O) groups is 1. The van der Waals surface area contributed by atoms with Crippen molar-refractivity contribution in [1.29, 1.82) is 0 Å². The Hall–Kier alpha value is -1.66. The number of thiophene rings is 1. The van der Waals surface area contributed by atoms with Crippen molar-refractivity contribution in [3.63, 3.8) is 0 Å². The van der Waals surface area contributed by atoms with Gasteiger partial charge < -0.3 is 14.9 Å². The summed E-state index contributed by atoms with van der Waals surface area (Å²) in [5.41, 5.74) is 1.56. The number of aromatic carboxylic acids is 1. The van der Waals surface area contributed by atoms with Crippen LogP contribution in [0.5, 0.6) is 5.75 Å². The zero-order chi connectivity index (χ0) is 15.6. The number of hydrogen-bond donors (Lipinski definition) is 3. The molecule has 0 aliphatic carbocycles. The first kappa shape index (κ1) is 15.7. The summed E-state index contributed by atoms with van der Waals surface area (Å²) in [6, 6.07) is 7.26. The van der Waals surface area contributed by atoms with Gasteiger partial charge in [-0.25, -0.2) is 4.79 Å². The molecule has 1 aromatic heterocycles. The normalized spacial score (nSPS) is 11.4. The van der Waals surface area contributed by atoms with E-state index < -0.39 is 5.97 Å². The van der Waals surface area contributed by atoms with E-state index >= 15 is 0 Å². The Bertz CT molecular complexity index is 659. The van der Waals surface area contributed by atoms with Gasteiger partial charge in [-0.05, 0) is 46.5 Å². The third-order valence-electron chi connectivity index (χ3n) is 2.96. The lowest BCUT2D eigenvalue weighted by atomic mass is 9.87. The fraction of sp³-hybridized carbons (Fsp3) is 0.267. The van der Waals surface area contributed by atoms with Gasteiger partial charge in [-0.15, -0.1) is 11.3 Å². The van der Waals surface area contributed by atoms with Crippen LogP contribution in [0.1, 0.15) is 36.0 Å². The quantitative estimate of drug-likeness (QED) is 0.719. The van der Waals surface area contributed by atoms with Gasteiger partial charge in [-0.3, -0.25) is 0 Å². The summed E-state index contributed by atoms with van der Waals surface area (Å²) < 4.78 is 2.98. The molecule has 112 valence electrons. The smallest absolute Gasteiger partial charge is 0.348 e. The third-order valence-corrected chi connectivity index (χ3v) is 4.74. The number of anilines is 1. The average Bonchev–Trinajstić information content (AvgIpc) is 2.84. The highest BCUT2D eigenvalue weighted by Gasteiger charge is 2.16. The number of nitrogens with one attached hydrogen (secondary N) is 1. The largest absolute Gasteiger partial charge is 0.507 e. The molecule has 4 nitrogen and oxygen atoms in total. The molecule has 0 saturated carbocycles. The van der Waals surface area contributed by atoms with Gasteiger partial charge in [0.15, 0.2) is 0 Å². The molecule has 0 atom stereocenters. The Labute approximate surface area is 132 Å². The first-order valence-electron chi connectivity index (χ1n) is 6.36. The van der Waals surface area contributed by atoms with Gasteiger partial charge in [0.05, 0.1) is 10.6 Å². The summed E-state index contributed by atoms with van der Waals surface area (Å²) in [6.07, 6.45) is 0. The highest BCUT2D eigenvalue weighted by Crippen LogP contribution is 2.35. The number of carboxylic acids is 1. The molecule has 1 heterocycles. The highest BCUT2D eigenvalue weighted by molar-refractivity contribution is 8.00. The van der Waals surface area contributed by atoms with E-state index in [0.29, 0.717) is 10.6 Å². The number of phenols is 1. The molecule has 0 bridgehead atoms. The third kappa shape index (κ3) is 3.71. The minimum Gasteiger partial charge on any atom is -0.507 e. The zero-order valence-corrected chi connectivity index (χ0v) is 13.6. The summed E-state index contributed by atoms with van der Waals surface area (Å²) >= 11 is 2.36. The van der Waals surface area contributed by atoms with E-state index in [0.717, 1.165) is 16.9 Å². The maximum atomic E-state index is 11.0. The molecule has 0 aliphatic heterocycles. The number of benzene rings is 1. The van der Waals surface area contributed by atoms with E-state index in [-0.39, 0.29) is 16.0 Å². The van der Waals surface area contributed by atoms with Crippen LogP contribution in [-0.2, 0) is 5.41 Å². The molecule has 2 rings (SSSR count). The summed E-state index contributed by atoms with van der Waals surface area (Å²) in [5, 5.41) is 20.8. The van der Waals surface area contributed by atoms with Crippen molar-refractivity contribution >= 4 is 34.9 Å². The molecule has 0 radical (unpaired) electrons. The van der Waals surface area contributed by atoms with Crippen LogP contribution in [0.4, 0.5) is 5.69 Å². The minimum atomic E-state index is -0.958. The van der Waals surface area contributed by atoms with Crippen LogP contribution >= 0.6 is 23.3 Å². The van der Waals surface area contributed by atoms with Crippen LogP contribution in [-0.4, -0.2) is 16.2 Å². The van der Waals surface area contributed by atoms with Gasteiger partial charge in [0, 0.05) is 0 Å². The van der Waals surface area contributed by atoms with Gasteiger partial charge >= 0.3 is 5.97 Å². The molecule has 0 saturated heterocycles. The Morgan fingerprint density at radius 1 is 1.29 bits per heavy atom. The predicted octanol–water partition coefficient (Wildman–Crippen LogP) is 4.57. The second kappa shape index (κ2) is 5.99. The number of rotatable bonds is 4. The molecule has 6 heteroatoms. The maximum absolute atomic E-state index is 11.0. The van der Waals surface area contributed by atoms with Gasteiger partial charge in [0.2, 0.25) is 0 Å². The standard InChI is InChI=1S/C15H17NO3S2/c1-15(2,3)9-4-5-12(11(17)8-9)21-16-10-6-7-20-13(10)14(18)19/h4-8,16-17H,1-3H3,(H,18,19). The molecule has 21 heavy (non-hydrogen) atoms. The Morgan fingerprint density at radius 2 is 2.00 bits per heavy atom. The van der Waals surface area contributed by atoms with Crippen LogP contribution in [0, 0.1) is 0 Å². The van der Waals surface area contributed by atoms with Crippen molar-refractivity contribution < 1.29 is 15.0 Å². The lowest BCUT2D eigenvalue weighted by Crippen LogP contribution is -2.10. The second-order valence-electron chi connectivity index (χ2n) is 5.61. The van der Waals surface area contributed by atoms with Crippen molar-refractivity contribution in [2.75, 3.05) is 4.72 Å². The van der Waals surface area contributed by atoms with Gasteiger partial charge in [-0.2, -0.15) is 0 Å². The summed E-state index contributed by atoms with van der Waals surface area (Å²) in [7, 11) is 0. The Morgan fingerprint density at radius 3 is 2.57 bits per heavy atom. The SMILES string of the molecule is CC(C)(C)c1ccc(SNc2ccsc2C(=O)O)c(O)c1. The molecule has 0 fully saturated rings. The van der Waals surface area contributed by atoms with Crippen molar-refractivity contribution in [3.05, 3.63) is 40.1 Å². The second-order valence-corrected chi connectivity index (χ2v) is 7.37. The molecule has 0 unspecified atom stereocenters. The van der Waals surface area contributed by atoms with E-state index in [9.17, 15) is 9.90 Å². The molecule has 2 aromatic rings. The van der Waals surface area contributed by atoms with Crippen molar-refractivity contribution in [2.24, 2.45) is 0 Å². The van der Waals surface area contributed by atoms with Crippen molar-refractivity contribution in [2.45, 2.75) is 31.1 Å². The topological polar surface area (TPSA) is 69.6 Å². The van der Waals surface area contributed by atoms with Crippen LogP contribution in [0.25, 0.3) is 0 Å². The summed E-state index contributed by atoms with van der Waals surface area (Å²) in [4.78, 5) is 11.9. The van der Waals surface area contributed by atoms with Crippen LogP contribution < -0.4 is 4.72 Å². The number of phenolic OH excluding ortho intramolecular Hbond substituents is 1. The summed E-state index contributed by atoms with van der Waals surface area (Å²) in [5.74, 6) is -0.771. The summed E-state index contributed by atoms with van der Waals surface area (Å²) in [6.45, 7) is 6.24. The monoisotopic (exact) mass is 323 g/mol. The van der Waals surface area contributed by atoms with E-state index in [4.69, 9.17) is 5.11 Å². The minimum absolute atomic E-state index is 0.0298. The number of hydrogen-bond acceptors (Lipinski definition) is 5. The van der Waals surface area contributed by atoms with Gasteiger partial charge in [-0.1, -0.05) is 26.8 Å². The molecular weight excluding hydrogens is 306 g/mol.